The first-order valence-electron chi connectivity index (χ1n) is 8.40. The van der Waals surface area contributed by atoms with E-state index in [1.54, 1.807) is 36.4 Å². The van der Waals surface area contributed by atoms with E-state index < -0.39 is 5.97 Å². The molecular formula is C20H18N2O5. The van der Waals surface area contributed by atoms with Crippen molar-refractivity contribution < 1.29 is 23.9 Å². The van der Waals surface area contributed by atoms with Crippen molar-refractivity contribution in [2.24, 2.45) is 0 Å². The molecule has 0 atom stereocenters. The number of hydrogen-bond donors (Lipinski definition) is 2. The summed E-state index contributed by atoms with van der Waals surface area (Å²) in [4.78, 5) is 47.3. The molecule has 2 aromatic rings. The summed E-state index contributed by atoms with van der Waals surface area (Å²) in [5.41, 5.74) is 2.77. The van der Waals surface area contributed by atoms with Gasteiger partial charge in [0.25, 0.3) is 0 Å². The van der Waals surface area contributed by atoms with Crippen LogP contribution in [0, 0.1) is 0 Å². The summed E-state index contributed by atoms with van der Waals surface area (Å²) in [6.07, 6.45) is 0.311. The van der Waals surface area contributed by atoms with Crippen LogP contribution in [-0.4, -0.2) is 30.7 Å². The second kappa shape index (κ2) is 7.82. The molecule has 138 valence electrons. The molecule has 0 bridgehead atoms. The van der Waals surface area contributed by atoms with Gasteiger partial charge in [0.2, 0.25) is 11.8 Å². The number of carbonyl (C=O) groups is 4. The molecule has 0 fully saturated rings. The van der Waals surface area contributed by atoms with Crippen molar-refractivity contribution in [3.63, 3.8) is 0 Å². The first kappa shape index (κ1) is 18.3. The predicted molar refractivity (Wildman–Crippen MR) is 98.8 cm³/mol. The number of methoxy groups -OCH3 is 1. The lowest BCUT2D eigenvalue weighted by Gasteiger charge is -2.07. The molecule has 7 nitrogen and oxygen atoms in total. The van der Waals surface area contributed by atoms with Crippen molar-refractivity contribution in [1.29, 1.82) is 0 Å². The smallest absolute Gasteiger partial charge is 0.337 e. The van der Waals surface area contributed by atoms with Crippen molar-refractivity contribution in [2.45, 2.75) is 19.3 Å². The van der Waals surface area contributed by atoms with Gasteiger partial charge in [-0.25, -0.2) is 4.79 Å². The predicted octanol–water partition coefficient (Wildman–Crippen LogP) is 2.57. The van der Waals surface area contributed by atoms with Gasteiger partial charge in [0.15, 0.2) is 5.78 Å². The molecule has 2 amide bonds. The van der Waals surface area contributed by atoms with Gasteiger partial charge in [-0.15, -0.1) is 0 Å². The van der Waals surface area contributed by atoms with E-state index in [1.807, 2.05) is 0 Å². The highest BCUT2D eigenvalue weighted by atomic mass is 16.5. The Labute approximate surface area is 155 Å². The molecule has 0 saturated heterocycles. The maximum atomic E-state index is 12.3. The van der Waals surface area contributed by atoms with E-state index in [0.717, 1.165) is 11.3 Å². The number of carbonyl (C=O) groups excluding carboxylic acids is 4. The van der Waals surface area contributed by atoms with Crippen LogP contribution in [0.2, 0.25) is 0 Å². The fraction of sp³-hybridized carbons (Fsp3) is 0.200. The maximum absolute atomic E-state index is 12.3. The lowest BCUT2D eigenvalue weighted by atomic mass is 10.0. The minimum Gasteiger partial charge on any atom is -0.465 e. The normalized spacial score (nSPS) is 12.1. The number of ketones is 1. The Bertz CT molecular complexity index is 936. The second-order valence-corrected chi connectivity index (χ2v) is 6.14. The Morgan fingerprint density at radius 2 is 1.89 bits per heavy atom. The van der Waals surface area contributed by atoms with Crippen LogP contribution < -0.4 is 10.6 Å². The lowest BCUT2D eigenvalue weighted by molar-refractivity contribution is -0.116. The van der Waals surface area contributed by atoms with Gasteiger partial charge < -0.3 is 15.4 Å². The average Bonchev–Trinajstić information content (AvgIpc) is 3.04. The zero-order valence-electron chi connectivity index (χ0n) is 14.7. The minimum atomic E-state index is -0.495. The third-order valence-electron chi connectivity index (χ3n) is 4.20. The van der Waals surface area contributed by atoms with Gasteiger partial charge >= 0.3 is 5.97 Å². The van der Waals surface area contributed by atoms with E-state index in [1.165, 1.54) is 13.2 Å². The molecule has 2 N–H and O–H groups in total. The van der Waals surface area contributed by atoms with E-state index in [4.69, 9.17) is 0 Å². The number of benzene rings is 2. The van der Waals surface area contributed by atoms with Gasteiger partial charge in [0.1, 0.15) is 0 Å². The van der Waals surface area contributed by atoms with Crippen LogP contribution in [0.1, 0.15) is 39.1 Å². The van der Waals surface area contributed by atoms with Gasteiger partial charge in [0.05, 0.1) is 19.1 Å². The highest BCUT2D eigenvalue weighted by Gasteiger charge is 2.19. The third-order valence-corrected chi connectivity index (χ3v) is 4.20. The molecule has 1 aliphatic heterocycles. The number of hydrogen-bond acceptors (Lipinski definition) is 5. The van der Waals surface area contributed by atoms with E-state index >= 15 is 0 Å². The molecular weight excluding hydrogens is 348 g/mol. The Kier molecular flexibility index (Phi) is 5.30. The molecule has 27 heavy (non-hydrogen) atoms. The van der Waals surface area contributed by atoms with Crippen molar-refractivity contribution in [1.82, 2.24) is 0 Å². The van der Waals surface area contributed by atoms with Gasteiger partial charge in [-0.1, -0.05) is 6.07 Å². The second-order valence-electron chi connectivity index (χ2n) is 6.14. The number of esters is 1. The van der Waals surface area contributed by atoms with E-state index in [9.17, 15) is 19.2 Å². The van der Waals surface area contributed by atoms with Crippen molar-refractivity contribution in [3.8, 4) is 0 Å². The number of nitrogens with one attached hydrogen (secondary N) is 2. The Morgan fingerprint density at radius 3 is 2.67 bits per heavy atom. The molecule has 0 unspecified atom stereocenters. The fourth-order valence-corrected chi connectivity index (χ4v) is 2.84. The molecule has 0 aromatic heterocycles. The van der Waals surface area contributed by atoms with Crippen molar-refractivity contribution in [3.05, 3.63) is 59.2 Å². The molecule has 0 saturated carbocycles. The molecule has 7 heteroatoms. The largest absolute Gasteiger partial charge is 0.465 e. The minimum absolute atomic E-state index is 0.00947. The van der Waals surface area contributed by atoms with Crippen LogP contribution in [0.4, 0.5) is 11.4 Å². The Morgan fingerprint density at radius 1 is 1.07 bits per heavy atom. The zero-order chi connectivity index (χ0) is 19.4. The Balaban J connectivity index is 1.56. The highest BCUT2D eigenvalue weighted by molar-refractivity contribution is 6.03. The van der Waals surface area contributed by atoms with Crippen LogP contribution in [0.3, 0.4) is 0 Å². The molecule has 0 aliphatic carbocycles. The topological polar surface area (TPSA) is 102 Å². The third kappa shape index (κ3) is 4.38. The average molecular weight is 366 g/mol. The van der Waals surface area contributed by atoms with Gasteiger partial charge in [-0.05, 0) is 42.0 Å². The van der Waals surface area contributed by atoms with E-state index in [-0.39, 0.29) is 36.9 Å². The summed E-state index contributed by atoms with van der Waals surface area (Å²) in [7, 11) is 1.28. The van der Waals surface area contributed by atoms with E-state index in [2.05, 4.69) is 15.4 Å². The molecule has 1 aliphatic rings. The number of fused-ring (bicyclic) bond motifs is 1. The Hall–Kier alpha value is -3.48. The van der Waals surface area contributed by atoms with Crippen molar-refractivity contribution in [2.75, 3.05) is 17.7 Å². The van der Waals surface area contributed by atoms with Crippen LogP contribution in [0.5, 0.6) is 0 Å². The van der Waals surface area contributed by atoms with Gasteiger partial charge in [-0.2, -0.15) is 0 Å². The van der Waals surface area contributed by atoms with Crippen LogP contribution in [0.25, 0.3) is 0 Å². The quantitative estimate of drug-likeness (QED) is 0.604. The summed E-state index contributed by atoms with van der Waals surface area (Å²) in [6.45, 7) is 0. The maximum Gasteiger partial charge on any atom is 0.337 e. The number of Topliss-reactive ketones (excluding diaryl/α,β-unsaturated/α-hetero) is 1. The first-order valence-corrected chi connectivity index (χ1v) is 8.40. The molecule has 3 rings (SSSR count). The summed E-state index contributed by atoms with van der Waals surface area (Å²) in [5, 5.41) is 5.37. The summed E-state index contributed by atoms with van der Waals surface area (Å²) in [5.74, 6) is -1.09. The molecule has 1 heterocycles. The standard InChI is InChI=1S/C20H18N2O5/c1-27-20(26)13-3-2-4-15(10-13)21-18(24)8-7-17(23)12-5-6-16-14(9-12)11-19(25)22-16/h2-6,9-10H,7-8,11H2,1H3,(H,21,24)(H,22,25). The zero-order valence-corrected chi connectivity index (χ0v) is 14.7. The summed E-state index contributed by atoms with van der Waals surface area (Å²) >= 11 is 0. The number of anilines is 2. The van der Waals surface area contributed by atoms with E-state index in [0.29, 0.717) is 16.8 Å². The number of ether oxygens (including phenoxy) is 1. The van der Waals surface area contributed by atoms with Crippen LogP contribution >= 0.6 is 0 Å². The molecule has 2 aromatic carbocycles. The summed E-state index contributed by atoms with van der Waals surface area (Å²) < 4.78 is 4.64. The first-order chi connectivity index (χ1) is 13.0. The number of amides is 2. The van der Waals surface area contributed by atoms with Gasteiger partial charge in [0, 0.05) is 29.8 Å². The van der Waals surface area contributed by atoms with Crippen LogP contribution in [0.15, 0.2) is 42.5 Å². The molecule has 0 radical (unpaired) electrons. The van der Waals surface area contributed by atoms with Crippen LogP contribution in [-0.2, 0) is 20.7 Å². The SMILES string of the molecule is COC(=O)c1cccc(NC(=O)CCC(=O)c2ccc3c(c2)CC(=O)N3)c1. The monoisotopic (exact) mass is 366 g/mol. The molecule has 0 spiro atoms. The van der Waals surface area contributed by atoms with Crippen molar-refractivity contribution >= 4 is 34.9 Å². The fourth-order valence-electron chi connectivity index (χ4n) is 2.84. The number of rotatable bonds is 6. The highest BCUT2D eigenvalue weighted by Crippen LogP contribution is 2.24. The lowest BCUT2D eigenvalue weighted by Crippen LogP contribution is -2.14. The van der Waals surface area contributed by atoms with Gasteiger partial charge in [-0.3, -0.25) is 14.4 Å². The summed E-state index contributed by atoms with van der Waals surface area (Å²) in [6, 6.07) is 11.4.